The molecule has 3 aromatic rings. The van der Waals surface area contributed by atoms with Gasteiger partial charge in [0.15, 0.2) is 0 Å². The van der Waals surface area contributed by atoms with E-state index in [4.69, 9.17) is 0 Å². The molecule has 0 fully saturated rings. The van der Waals surface area contributed by atoms with Crippen molar-refractivity contribution in [2.75, 3.05) is 17.4 Å². The molecule has 0 spiro atoms. The van der Waals surface area contributed by atoms with E-state index < -0.39 is 34.3 Å². The SMILES string of the molecule is CCNC(=O)[C@@H](CC)N(Cc1cccc(C)c1)C(=O)CN(c1ccccc1F)S(=O)(=O)c1ccccc1. The number of halogens is 1. The van der Waals surface area contributed by atoms with Crippen molar-refractivity contribution in [1.29, 1.82) is 0 Å². The van der Waals surface area contributed by atoms with Gasteiger partial charge in [-0.2, -0.15) is 0 Å². The third-order valence-electron chi connectivity index (χ3n) is 5.90. The summed E-state index contributed by atoms with van der Waals surface area (Å²) in [5.74, 6) is -1.74. The topological polar surface area (TPSA) is 86.8 Å². The summed E-state index contributed by atoms with van der Waals surface area (Å²) in [7, 11) is -4.30. The normalized spacial score (nSPS) is 12.0. The summed E-state index contributed by atoms with van der Waals surface area (Å²) in [5.41, 5.74) is 1.52. The van der Waals surface area contributed by atoms with Crippen LogP contribution in [0.25, 0.3) is 0 Å². The number of amides is 2. The Kier molecular flexibility index (Phi) is 9.41. The fraction of sp³-hybridized carbons (Fsp3) is 0.286. The molecule has 0 aromatic heterocycles. The van der Waals surface area contributed by atoms with Gasteiger partial charge in [-0.1, -0.05) is 67.1 Å². The monoisotopic (exact) mass is 525 g/mol. The molecule has 7 nitrogen and oxygen atoms in total. The van der Waals surface area contributed by atoms with E-state index in [9.17, 15) is 22.4 Å². The molecule has 3 aromatic carbocycles. The minimum atomic E-state index is -4.30. The first kappa shape index (κ1) is 27.9. The van der Waals surface area contributed by atoms with Crippen molar-refractivity contribution in [3.8, 4) is 0 Å². The number of para-hydroxylation sites is 1. The Bertz CT molecular complexity index is 1330. The zero-order valence-electron chi connectivity index (χ0n) is 21.2. The van der Waals surface area contributed by atoms with E-state index in [0.717, 1.165) is 21.5 Å². The number of nitrogens with one attached hydrogen (secondary N) is 1. The fourth-order valence-corrected chi connectivity index (χ4v) is 5.55. The van der Waals surface area contributed by atoms with Crippen LogP contribution in [-0.4, -0.2) is 44.3 Å². The van der Waals surface area contributed by atoms with E-state index >= 15 is 0 Å². The Morgan fingerprint density at radius 1 is 0.946 bits per heavy atom. The molecule has 196 valence electrons. The Morgan fingerprint density at radius 3 is 2.24 bits per heavy atom. The van der Waals surface area contributed by atoms with Crippen molar-refractivity contribution in [1.82, 2.24) is 10.2 Å². The van der Waals surface area contributed by atoms with E-state index in [1.54, 1.807) is 32.0 Å². The van der Waals surface area contributed by atoms with Crippen LogP contribution in [-0.2, 0) is 26.2 Å². The molecule has 9 heteroatoms. The number of carbonyl (C=O) groups is 2. The lowest BCUT2D eigenvalue weighted by molar-refractivity contribution is -0.140. The zero-order chi connectivity index (χ0) is 27.0. The molecule has 1 N–H and O–H groups in total. The minimum absolute atomic E-state index is 0.0768. The van der Waals surface area contributed by atoms with Crippen LogP contribution < -0.4 is 9.62 Å². The van der Waals surface area contributed by atoms with Crippen molar-refractivity contribution < 1.29 is 22.4 Å². The van der Waals surface area contributed by atoms with Gasteiger partial charge in [-0.15, -0.1) is 0 Å². The van der Waals surface area contributed by atoms with Crippen molar-refractivity contribution in [3.05, 3.63) is 95.8 Å². The highest BCUT2D eigenvalue weighted by molar-refractivity contribution is 7.92. The van der Waals surface area contributed by atoms with E-state index in [0.29, 0.717) is 13.0 Å². The van der Waals surface area contributed by atoms with Gasteiger partial charge in [0.2, 0.25) is 11.8 Å². The first-order chi connectivity index (χ1) is 17.7. The predicted molar refractivity (Wildman–Crippen MR) is 142 cm³/mol. The molecular formula is C28H32FN3O4S. The second-order valence-corrected chi connectivity index (χ2v) is 10.5. The van der Waals surface area contributed by atoms with Gasteiger partial charge in [0.05, 0.1) is 10.6 Å². The standard InChI is InChI=1S/C28H32FN3O4S/c1-4-25(28(34)30-5-2)31(19-22-13-11-12-21(3)18-22)27(33)20-32(26-17-10-9-16-24(26)29)37(35,36)23-14-7-6-8-15-23/h6-18,25H,4-5,19-20H2,1-3H3,(H,30,34)/t25-/m1/s1. The summed E-state index contributed by atoms with van der Waals surface area (Å²) in [6.45, 7) is 5.27. The first-order valence-electron chi connectivity index (χ1n) is 12.1. The molecule has 0 aliphatic rings. The highest BCUT2D eigenvalue weighted by atomic mass is 32.2. The molecule has 0 heterocycles. The molecule has 37 heavy (non-hydrogen) atoms. The van der Waals surface area contributed by atoms with Gasteiger partial charge in [-0.05, 0) is 50.1 Å². The Labute approximate surface area is 218 Å². The molecule has 1 atom stereocenters. The van der Waals surface area contributed by atoms with Gasteiger partial charge in [0.25, 0.3) is 10.0 Å². The van der Waals surface area contributed by atoms with Gasteiger partial charge in [-0.25, -0.2) is 12.8 Å². The lowest BCUT2D eigenvalue weighted by atomic mass is 10.1. The Morgan fingerprint density at radius 2 is 1.62 bits per heavy atom. The summed E-state index contributed by atoms with van der Waals surface area (Å²) in [6, 6.07) is 19.6. The third kappa shape index (κ3) is 6.74. The number of rotatable bonds is 11. The van der Waals surface area contributed by atoms with Crippen LogP contribution in [0.5, 0.6) is 0 Å². The summed E-state index contributed by atoms with van der Waals surface area (Å²) >= 11 is 0. The smallest absolute Gasteiger partial charge is 0.264 e. The van der Waals surface area contributed by atoms with E-state index in [2.05, 4.69) is 5.32 Å². The molecule has 0 saturated heterocycles. The fourth-order valence-electron chi connectivity index (χ4n) is 4.11. The van der Waals surface area contributed by atoms with Gasteiger partial charge in [0, 0.05) is 13.1 Å². The number of carbonyl (C=O) groups excluding carboxylic acids is 2. The second-order valence-electron chi connectivity index (χ2n) is 8.61. The number of hydrogen-bond acceptors (Lipinski definition) is 4. The minimum Gasteiger partial charge on any atom is -0.355 e. The molecule has 0 radical (unpaired) electrons. The number of sulfonamides is 1. The second kappa shape index (κ2) is 12.5. The number of hydrogen-bond donors (Lipinski definition) is 1. The van der Waals surface area contributed by atoms with Crippen molar-refractivity contribution >= 4 is 27.5 Å². The van der Waals surface area contributed by atoms with Crippen molar-refractivity contribution in [2.45, 2.75) is 44.7 Å². The molecule has 3 rings (SSSR count). The summed E-state index contributed by atoms with van der Waals surface area (Å²) in [6.07, 6.45) is 0.314. The highest BCUT2D eigenvalue weighted by Crippen LogP contribution is 2.27. The lowest BCUT2D eigenvalue weighted by Crippen LogP contribution is -2.52. The van der Waals surface area contributed by atoms with Gasteiger partial charge in [-0.3, -0.25) is 13.9 Å². The average Bonchev–Trinajstić information content (AvgIpc) is 2.88. The predicted octanol–water partition coefficient (Wildman–Crippen LogP) is 4.27. The number of anilines is 1. The summed E-state index contributed by atoms with van der Waals surface area (Å²) in [5, 5.41) is 2.75. The first-order valence-corrected chi connectivity index (χ1v) is 13.6. The van der Waals surface area contributed by atoms with Crippen molar-refractivity contribution in [3.63, 3.8) is 0 Å². The Balaban J connectivity index is 2.06. The van der Waals surface area contributed by atoms with E-state index in [1.165, 1.54) is 35.2 Å². The van der Waals surface area contributed by atoms with Crippen LogP contribution in [0.15, 0.2) is 83.8 Å². The number of likely N-dealkylation sites (N-methyl/N-ethyl adjacent to an activating group) is 1. The van der Waals surface area contributed by atoms with Gasteiger partial charge < -0.3 is 10.2 Å². The van der Waals surface area contributed by atoms with Crippen LogP contribution in [0.4, 0.5) is 10.1 Å². The van der Waals surface area contributed by atoms with Crippen molar-refractivity contribution in [2.24, 2.45) is 0 Å². The van der Waals surface area contributed by atoms with Gasteiger partial charge >= 0.3 is 0 Å². The van der Waals surface area contributed by atoms with E-state index in [1.807, 2.05) is 31.2 Å². The maximum atomic E-state index is 14.9. The maximum Gasteiger partial charge on any atom is 0.264 e. The molecule has 0 bridgehead atoms. The number of benzene rings is 3. The quantitative estimate of drug-likeness (QED) is 0.405. The molecule has 0 unspecified atom stereocenters. The molecular weight excluding hydrogens is 493 g/mol. The third-order valence-corrected chi connectivity index (χ3v) is 7.68. The average molecular weight is 526 g/mol. The van der Waals surface area contributed by atoms with Crippen LogP contribution in [0, 0.1) is 12.7 Å². The van der Waals surface area contributed by atoms with Crippen LogP contribution in [0.1, 0.15) is 31.4 Å². The molecule has 0 aliphatic heterocycles. The lowest BCUT2D eigenvalue weighted by Gasteiger charge is -2.33. The number of nitrogens with zero attached hydrogens (tertiary/aromatic N) is 2. The molecule has 0 saturated carbocycles. The largest absolute Gasteiger partial charge is 0.355 e. The van der Waals surface area contributed by atoms with Crippen LogP contribution in [0.3, 0.4) is 0 Å². The van der Waals surface area contributed by atoms with Crippen LogP contribution >= 0.6 is 0 Å². The zero-order valence-corrected chi connectivity index (χ0v) is 22.0. The van der Waals surface area contributed by atoms with Gasteiger partial charge in [0.1, 0.15) is 18.4 Å². The number of aryl methyl sites for hydroxylation is 1. The summed E-state index contributed by atoms with van der Waals surface area (Å²) in [4.78, 5) is 28.0. The van der Waals surface area contributed by atoms with Crippen LogP contribution in [0.2, 0.25) is 0 Å². The molecule has 2 amide bonds. The Hall–Kier alpha value is -3.72. The van der Waals surface area contributed by atoms with E-state index in [-0.39, 0.29) is 23.0 Å². The maximum absolute atomic E-state index is 14.9. The highest BCUT2D eigenvalue weighted by Gasteiger charge is 2.34. The molecule has 0 aliphatic carbocycles. The summed E-state index contributed by atoms with van der Waals surface area (Å²) < 4.78 is 42.9.